The highest BCUT2D eigenvalue weighted by Gasteiger charge is 2.02. The van der Waals surface area contributed by atoms with Crippen LogP contribution in [0.4, 0.5) is 5.69 Å². The third-order valence-corrected chi connectivity index (χ3v) is 1.85. The lowest BCUT2D eigenvalue weighted by molar-refractivity contribution is 0.607. The molecule has 0 saturated heterocycles. The maximum atomic E-state index is 10.8. The van der Waals surface area contributed by atoms with Gasteiger partial charge in [-0.25, -0.2) is 8.42 Å². The molecule has 0 atom stereocenters. The second-order valence-electron chi connectivity index (χ2n) is 2.46. The summed E-state index contributed by atoms with van der Waals surface area (Å²) in [5.74, 6) is 0. The van der Waals surface area contributed by atoms with E-state index in [1.807, 2.05) is 0 Å². The number of hydrogen-bond donors (Lipinski definition) is 1. The second kappa shape index (κ2) is 3.19. The first kappa shape index (κ1) is 9.13. The first-order valence-electron chi connectivity index (χ1n) is 3.31. The van der Waals surface area contributed by atoms with Gasteiger partial charge in [0.15, 0.2) is 0 Å². The number of anilines is 1. The predicted octanol–water partition coefficient (Wildman–Crippen LogP) is -0.148. The van der Waals surface area contributed by atoms with Gasteiger partial charge in [-0.3, -0.25) is 4.72 Å². The Kier molecular flexibility index (Phi) is 2.42. The number of benzene rings is 1. The van der Waals surface area contributed by atoms with Crippen molar-refractivity contribution in [3.63, 3.8) is 0 Å². The molecular weight excluding hydrogens is 173 g/mol. The van der Waals surface area contributed by atoms with Crippen molar-refractivity contribution in [2.75, 3.05) is 11.0 Å². The lowest BCUT2D eigenvalue weighted by Crippen LogP contribution is -2.17. The zero-order valence-corrected chi connectivity index (χ0v) is 7.43. The molecule has 0 spiro atoms. The fourth-order valence-electron chi connectivity index (χ4n) is 0.790. The van der Waals surface area contributed by atoms with Crippen molar-refractivity contribution in [1.29, 1.82) is 0 Å². The van der Waals surface area contributed by atoms with Crippen LogP contribution in [0.5, 0.6) is 0 Å². The van der Waals surface area contributed by atoms with Crippen LogP contribution in [0.25, 0.3) is 0 Å². The van der Waals surface area contributed by atoms with Crippen LogP contribution < -0.4 is 10.2 Å². The standard InChI is InChI=1S/C7H8BNO2S/c1-12(10,11)9-7-5-3-2-4-6(7)8/h2-5,9H,1H3. The third kappa shape index (κ3) is 2.58. The van der Waals surface area contributed by atoms with E-state index in [4.69, 9.17) is 7.85 Å². The van der Waals surface area contributed by atoms with E-state index in [2.05, 4.69) is 4.72 Å². The van der Waals surface area contributed by atoms with Gasteiger partial charge in [-0.05, 0) is 6.07 Å². The summed E-state index contributed by atoms with van der Waals surface area (Å²) in [4.78, 5) is 0. The number of rotatable bonds is 2. The van der Waals surface area contributed by atoms with Crippen molar-refractivity contribution < 1.29 is 8.42 Å². The van der Waals surface area contributed by atoms with Gasteiger partial charge < -0.3 is 0 Å². The van der Waals surface area contributed by atoms with Crippen molar-refractivity contribution in [3.8, 4) is 0 Å². The van der Waals surface area contributed by atoms with Crippen molar-refractivity contribution >= 4 is 29.0 Å². The van der Waals surface area contributed by atoms with Gasteiger partial charge in [-0.1, -0.05) is 23.7 Å². The SMILES string of the molecule is [B]c1ccccc1NS(C)(=O)=O. The predicted molar refractivity (Wildman–Crippen MR) is 50.3 cm³/mol. The highest BCUT2D eigenvalue weighted by molar-refractivity contribution is 7.92. The molecule has 0 fully saturated rings. The molecule has 0 aliphatic carbocycles. The Hall–Kier alpha value is -0.965. The molecular formula is C7H8BNO2S. The molecule has 0 aliphatic heterocycles. The Morgan fingerprint density at radius 2 is 1.92 bits per heavy atom. The van der Waals surface area contributed by atoms with Gasteiger partial charge in [0.1, 0.15) is 7.85 Å². The van der Waals surface area contributed by atoms with Crippen molar-refractivity contribution in [2.45, 2.75) is 0 Å². The summed E-state index contributed by atoms with van der Waals surface area (Å²) < 4.78 is 23.9. The summed E-state index contributed by atoms with van der Waals surface area (Å²) in [6.07, 6.45) is 1.08. The lowest BCUT2D eigenvalue weighted by Gasteiger charge is -2.06. The Balaban J connectivity index is 2.98. The van der Waals surface area contributed by atoms with E-state index in [0.717, 1.165) is 6.26 Å². The smallest absolute Gasteiger partial charge is 0.229 e. The van der Waals surface area contributed by atoms with Crippen LogP contribution in [-0.2, 0) is 10.0 Å². The van der Waals surface area contributed by atoms with Crippen molar-refractivity contribution in [3.05, 3.63) is 24.3 Å². The van der Waals surface area contributed by atoms with Gasteiger partial charge in [-0.15, -0.1) is 0 Å². The van der Waals surface area contributed by atoms with E-state index in [0.29, 0.717) is 11.2 Å². The number of nitrogens with one attached hydrogen (secondary N) is 1. The normalized spacial score (nSPS) is 11.1. The van der Waals surface area contributed by atoms with E-state index in [9.17, 15) is 8.42 Å². The fraction of sp³-hybridized carbons (Fsp3) is 0.143. The first-order valence-corrected chi connectivity index (χ1v) is 5.20. The van der Waals surface area contributed by atoms with Crippen molar-refractivity contribution in [1.82, 2.24) is 0 Å². The van der Waals surface area contributed by atoms with Gasteiger partial charge >= 0.3 is 0 Å². The largest absolute Gasteiger partial charge is 0.284 e. The van der Waals surface area contributed by atoms with Gasteiger partial charge in [0.25, 0.3) is 0 Å². The molecule has 3 nitrogen and oxygen atoms in total. The summed E-state index contributed by atoms with van der Waals surface area (Å²) in [6.45, 7) is 0. The zero-order chi connectivity index (χ0) is 9.19. The summed E-state index contributed by atoms with van der Waals surface area (Å²) in [7, 11) is 2.27. The van der Waals surface area contributed by atoms with E-state index in [-0.39, 0.29) is 0 Å². The summed E-state index contributed by atoms with van der Waals surface area (Å²) in [6, 6.07) is 6.69. The quantitative estimate of drug-likeness (QED) is 0.645. The molecule has 0 heterocycles. The van der Waals surface area contributed by atoms with E-state index < -0.39 is 10.0 Å². The minimum atomic E-state index is -3.23. The van der Waals surface area contributed by atoms with Crippen LogP contribution in [0.3, 0.4) is 0 Å². The molecule has 0 unspecified atom stereocenters. The van der Waals surface area contributed by atoms with Crippen LogP contribution in [0.1, 0.15) is 0 Å². The third-order valence-electron chi connectivity index (χ3n) is 1.26. The minimum Gasteiger partial charge on any atom is -0.284 e. The summed E-state index contributed by atoms with van der Waals surface area (Å²) >= 11 is 0. The highest BCUT2D eigenvalue weighted by Crippen LogP contribution is 2.02. The van der Waals surface area contributed by atoms with Gasteiger partial charge in [-0.2, -0.15) is 0 Å². The van der Waals surface area contributed by atoms with Gasteiger partial charge in [0.05, 0.1) is 6.26 Å². The average Bonchev–Trinajstić information content (AvgIpc) is 1.91. The van der Waals surface area contributed by atoms with Gasteiger partial charge in [0, 0.05) is 5.69 Å². The number of sulfonamides is 1. The average molecular weight is 181 g/mol. The molecule has 0 amide bonds. The topological polar surface area (TPSA) is 46.2 Å². The Morgan fingerprint density at radius 1 is 1.33 bits per heavy atom. The van der Waals surface area contributed by atoms with Crippen LogP contribution in [-0.4, -0.2) is 22.5 Å². The molecule has 62 valence electrons. The van der Waals surface area contributed by atoms with Crippen LogP contribution in [0, 0.1) is 0 Å². The Morgan fingerprint density at radius 3 is 2.42 bits per heavy atom. The molecule has 1 aromatic rings. The molecule has 0 saturated carbocycles. The van der Waals surface area contributed by atoms with Crippen LogP contribution in [0.2, 0.25) is 0 Å². The monoisotopic (exact) mass is 181 g/mol. The molecule has 1 aromatic carbocycles. The molecule has 2 radical (unpaired) electrons. The molecule has 0 aromatic heterocycles. The molecule has 12 heavy (non-hydrogen) atoms. The Labute approximate surface area is 73.3 Å². The Bertz CT molecular complexity index is 375. The maximum Gasteiger partial charge on any atom is 0.229 e. The molecule has 0 aliphatic rings. The second-order valence-corrected chi connectivity index (χ2v) is 4.21. The highest BCUT2D eigenvalue weighted by atomic mass is 32.2. The van der Waals surface area contributed by atoms with Crippen LogP contribution >= 0.6 is 0 Å². The molecule has 1 rings (SSSR count). The maximum absolute atomic E-state index is 10.8. The van der Waals surface area contributed by atoms with E-state index >= 15 is 0 Å². The zero-order valence-electron chi connectivity index (χ0n) is 6.61. The molecule has 1 N–H and O–H groups in total. The number of para-hydroxylation sites is 1. The fourth-order valence-corrected chi connectivity index (χ4v) is 1.38. The van der Waals surface area contributed by atoms with E-state index in [1.165, 1.54) is 0 Å². The molecule has 0 bridgehead atoms. The number of hydrogen-bond acceptors (Lipinski definition) is 2. The van der Waals surface area contributed by atoms with Gasteiger partial charge in [0.2, 0.25) is 10.0 Å². The lowest BCUT2D eigenvalue weighted by atomic mass is 9.95. The van der Waals surface area contributed by atoms with Crippen molar-refractivity contribution in [2.24, 2.45) is 0 Å². The summed E-state index contributed by atoms with van der Waals surface area (Å²) in [5.41, 5.74) is 0.836. The first-order chi connectivity index (χ1) is 5.49. The molecule has 5 heteroatoms. The minimum absolute atomic E-state index is 0.417. The van der Waals surface area contributed by atoms with E-state index in [1.54, 1.807) is 24.3 Å². The van der Waals surface area contributed by atoms with Crippen LogP contribution in [0.15, 0.2) is 24.3 Å². The summed E-state index contributed by atoms with van der Waals surface area (Å²) in [5, 5.41) is 0.